The Kier molecular flexibility index (Phi) is 9.69. The van der Waals surface area contributed by atoms with Gasteiger partial charge in [0, 0.05) is 39.4 Å². The van der Waals surface area contributed by atoms with Gasteiger partial charge in [0.05, 0.1) is 17.9 Å². The van der Waals surface area contributed by atoms with Crippen LogP contribution in [0.3, 0.4) is 0 Å². The summed E-state index contributed by atoms with van der Waals surface area (Å²) in [5, 5.41) is 12.9. The van der Waals surface area contributed by atoms with Crippen molar-refractivity contribution in [3.63, 3.8) is 0 Å². The second kappa shape index (κ2) is 13.8. The number of amides is 2. The lowest BCUT2D eigenvalue weighted by Crippen LogP contribution is -2.43. The van der Waals surface area contributed by atoms with Crippen molar-refractivity contribution < 1.29 is 32.7 Å². The average Bonchev–Trinajstić information content (AvgIpc) is 3.71. The number of carbonyl (C=O) groups is 2. The van der Waals surface area contributed by atoms with Crippen LogP contribution in [0.15, 0.2) is 53.9 Å². The Morgan fingerprint density at radius 1 is 1.18 bits per heavy atom. The number of alkyl carbamates (subject to hydrolysis) is 1. The first-order valence-electron chi connectivity index (χ1n) is 15.7. The molecular weight excluding hydrogens is 689 g/mol. The standard InChI is InChI=1S/C32H35F2N9O5SSi/c1-31(25-15-32(25,28(44)35-2)49-30(40-31)47-29(45)39-18-46-11-12-50(3,4)5)20-13-19(8-9-21(20)33)14-22(34)24-16-38-26(17-37-24)48-43-27-23(41-42-43)7-6-10-36-27/h6-10,13-14,16-17,25H,11-12,15,18H2,1-5H3,(H,35,44)(H,39,45)/b22-14-/t25-,31+,32-/m0/s1. The third kappa shape index (κ3) is 7.36. The van der Waals surface area contributed by atoms with E-state index in [1.54, 1.807) is 25.3 Å². The van der Waals surface area contributed by atoms with Crippen LogP contribution in [0.25, 0.3) is 23.1 Å². The van der Waals surface area contributed by atoms with Crippen LogP contribution in [-0.2, 0) is 19.8 Å². The molecule has 0 bridgehead atoms. The molecule has 0 radical (unpaired) electrons. The zero-order chi connectivity index (χ0) is 35.7. The predicted molar refractivity (Wildman–Crippen MR) is 185 cm³/mol. The molecule has 0 unspecified atom stereocenters. The third-order valence-corrected chi connectivity index (χ3v) is 11.4. The van der Waals surface area contributed by atoms with Gasteiger partial charge in [-0.1, -0.05) is 30.6 Å². The molecule has 14 nitrogen and oxygen atoms in total. The van der Waals surface area contributed by atoms with E-state index in [-0.39, 0.29) is 35.0 Å². The number of nitrogens with zero attached hydrogens (tertiary/aromatic N) is 7. The van der Waals surface area contributed by atoms with Crippen molar-refractivity contribution in [3.8, 4) is 5.88 Å². The summed E-state index contributed by atoms with van der Waals surface area (Å²) >= 11 is 1.02. The van der Waals surface area contributed by atoms with Crippen LogP contribution < -0.4 is 15.5 Å². The van der Waals surface area contributed by atoms with Gasteiger partial charge < -0.3 is 19.6 Å². The molecule has 0 saturated heterocycles. The number of nitrogens with one attached hydrogen (secondary N) is 2. The van der Waals surface area contributed by atoms with Crippen molar-refractivity contribution in [2.45, 2.75) is 49.3 Å². The van der Waals surface area contributed by atoms with Crippen LogP contribution in [0.5, 0.6) is 5.88 Å². The molecule has 2 aliphatic rings. The van der Waals surface area contributed by atoms with Crippen LogP contribution in [0.4, 0.5) is 13.6 Å². The van der Waals surface area contributed by atoms with Gasteiger partial charge in [0.25, 0.3) is 11.1 Å². The molecule has 3 aromatic heterocycles. The van der Waals surface area contributed by atoms with Crippen molar-refractivity contribution in [3.05, 3.63) is 71.6 Å². The Bertz CT molecular complexity index is 1990. The highest BCUT2D eigenvalue weighted by Crippen LogP contribution is 2.66. The quantitative estimate of drug-likeness (QED) is 0.122. The van der Waals surface area contributed by atoms with Gasteiger partial charge in [-0.2, -0.15) is 0 Å². The first kappa shape index (κ1) is 35.0. The van der Waals surface area contributed by atoms with E-state index in [9.17, 15) is 9.59 Å². The smallest absolute Gasteiger partial charge is 0.385 e. The van der Waals surface area contributed by atoms with Gasteiger partial charge in [0.15, 0.2) is 5.83 Å². The fourth-order valence-electron chi connectivity index (χ4n) is 5.56. The highest BCUT2D eigenvalue weighted by molar-refractivity contribution is 8.15. The third-order valence-electron chi connectivity index (χ3n) is 8.35. The van der Waals surface area contributed by atoms with Gasteiger partial charge >= 0.3 is 6.09 Å². The minimum Gasteiger partial charge on any atom is -0.385 e. The van der Waals surface area contributed by atoms with Gasteiger partial charge in [-0.05, 0) is 72.3 Å². The minimum absolute atomic E-state index is 0.0225. The second-order valence-electron chi connectivity index (χ2n) is 13.2. The van der Waals surface area contributed by atoms with Crippen LogP contribution in [0, 0.1) is 11.7 Å². The van der Waals surface area contributed by atoms with E-state index in [0.717, 1.165) is 22.7 Å². The Morgan fingerprint density at radius 2 is 2.00 bits per heavy atom. The first-order valence-corrected chi connectivity index (χ1v) is 20.2. The Hall–Kier alpha value is -4.81. The lowest BCUT2D eigenvalue weighted by atomic mass is 9.84. The Morgan fingerprint density at radius 3 is 2.74 bits per heavy atom. The van der Waals surface area contributed by atoms with E-state index < -0.39 is 42.0 Å². The van der Waals surface area contributed by atoms with Crippen LogP contribution >= 0.6 is 11.8 Å². The van der Waals surface area contributed by atoms with Crippen LogP contribution in [-0.4, -0.2) is 80.5 Å². The number of pyridine rings is 1. The maximum atomic E-state index is 15.6. The zero-order valence-corrected chi connectivity index (χ0v) is 29.8. The molecule has 3 atom stereocenters. The normalized spacial score (nSPS) is 21.6. The summed E-state index contributed by atoms with van der Waals surface area (Å²) in [6.07, 6.45) is 4.66. The zero-order valence-electron chi connectivity index (χ0n) is 27.9. The molecule has 1 aromatic carbocycles. The monoisotopic (exact) mass is 723 g/mol. The van der Waals surface area contributed by atoms with E-state index in [1.807, 2.05) is 0 Å². The fourth-order valence-corrected chi connectivity index (χ4v) is 7.79. The molecule has 1 aliphatic carbocycles. The summed E-state index contributed by atoms with van der Waals surface area (Å²) < 4.78 is 41.0. The van der Waals surface area contributed by atoms with E-state index in [1.165, 1.54) is 43.7 Å². The molecule has 4 heterocycles. The number of carbonyl (C=O) groups excluding carboxylic acids is 2. The molecule has 2 N–H and O–H groups in total. The fraction of sp³-hybridized carbons (Fsp3) is 0.375. The first-order chi connectivity index (χ1) is 23.8. The summed E-state index contributed by atoms with van der Waals surface area (Å²) in [5.41, 5.74) is -0.141. The molecule has 1 saturated carbocycles. The van der Waals surface area contributed by atoms with Crippen LogP contribution in [0.2, 0.25) is 25.7 Å². The molecular formula is C32H35F2N9O5SSi. The van der Waals surface area contributed by atoms with Crippen molar-refractivity contribution in [1.29, 1.82) is 0 Å². The summed E-state index contributed by atoms with van der Waals surface area (Å²) in [7, 11) is 0.206. The molecule has 50 heavy (non-hydrogen) atoms. The highest BCUT2D eigenvalue weighted by atomic mass is 32.2. The van der Waals surface area contributed by atoms with E-state index >= 15 is 8.78 Å². The molecule has 4 aromatic rings. The van der Waals surface area contributed by atoms with Crippen molar-refractivity contribution in [1.82, 2.24) is 40.7 Å². The summed E-state index contributed by atoms with van der Waals surface area (Å²) in [6, 6.07) is 8.42. The van der Waals surface area contributed by atoms with Crippen LogP contribution in [0.1, 0.15) is 30.2 Å². The Labute approximate surface area is 291 Å². The van der Waals surface area contributed by atoms with Gasteiger partial charge in [-0.15, -0.1) is 5.10 Å². The highest BCUT2D eigenvalue weighted by Gasteiger charge is 2.71. The predicted octanol–water partition coefficient (Wildman–Crippen LogP) is 4.93. The number of fused-ring (bicyclic) bond motifs is 2. The lowest BCUT2D eigenvalue weighted by molar-refractivity contribution is -0.121. The van der Waals surface area contributed by atoms with Gasteiger partial charge in [-0.25, -0.2) is 33.5 Å². The molecule has 0 spiro atoms. The number of hydrogen-bond donors (Lipinski definition) is 2. The van der Waals surface area contributed by atoms with E-state index in [2.05, 4.69) is 60.5 Å². The number of aliphatic imine (C=N–C) groups is 1. The summed E-state index contributed by atoms with van der Waals surface area (Å²) in [6.45, 7) is 8.77. The number of ether oxygens (including phenoxy) is 2. The largest absolute Gasteiger partial charge is 0.416 e. The van der Waals surface area contributed by atoms with Gasteiger partial charge in [0.1, 0.15) is 28.5 Å². The minimum atomic E-state index is -1.33. The van der Waals surface area contributed by atoms with E-state index in [0.29, 0.717) is 29.8 Å². The topological polar surface area (TPSA) is 168 Å². The SMILES string of the molecule is CNC(=O)[C@]12C[C@H]1[C@@](C)(c1cc(/C=C(\F)c3cnc(On4nnc5cccnc54)cn3)ccc1F)N=C(OC(=O)NCOCC[Si](C)(C)C)S2. The molecule has 6 rings (SSSR count). The number of hydrogen-bond acceptors (Lipinski definition) is 12. The van der Waals surface area contributed by atoms with Crippen molar-refractivity contribution in [2.24, 2.45) is 10.9 Å². The van der Waals surface area contributed by atoms with E-state index in [4.69, 9.17) is 14.3 Å². The Balaban J connectivity index is 1.20. The number of thioether (sulfide) groups is 1. The van der Waals surface area contributed by atoms with Crippen molar-refractivity contribution in [2.75, 3.05) is 20.4 Å². The summed E-state index contributed by atoms with van der Waals surface area (Å²) in [4.78, 5) is 49.4. The number of aromatic nitrogens is 6. The lowest BCUT2D eigenvalue weighted by Gasteiger charge is -2.34. The number of rotatable bonds is 11. The molecule has 1 fully saturated rings. The maximum absolute atomic E-state index is 15.6. The maximum Gasteiger partial charge on any atom is 0.416 e. The van der Waals surface area contributed by atoms with Gasteiger partial charge in [0.2, 0.25) is 11.6 Å². The number of halogens is 2. The molecule has 2 amide bonds. The second-order valence-corrected chi connectivity index (χ2v) is 20.1. The molecule has 262 valence electrons. The molecule has 1 aliphatic heterocycles. The molecule has 18 heteroatoms. The van der Waals surface area contributed by atoms with Crippen molar-refractivity contribution >= 4 is 60.1 Å². The number of benzene rings is 1. The summed E-state index contributed by atoms with van der Waals surface area (Å²) in [5.74, 6) is -2.08. The average molecular weight is 724 g/mol. The van der Waals surface area contributed by atoms with Gasteiger partial charge in [-0.3, -0.25) is 10.1 Å².